The quantitative estimate of drug-likeness (QED) is 0.249. The number of rotatable bonds is 6. The summed E-state index contributed by atoms with van der Waals surface area (Å²) >= 11 is 0. The summed E-state index contributed by atoms with van der Waals surface area (Å²) in [4.78, 5) is 37.6. The van der Waals surface area contributed by atoms with Gasteiger partial charge < -0.3 is 19.2 Å². The smallest absolute Gasteiger partial charge is 0.408 e. The molecule has 0 unspecified atom stereocenters. The Morgan fingerprint density at radius 3 is 2.32 bits per heavy atom. The summed E-state index contributed by atoms with van der Waals surface area (Å²) in [7, 11) is 0. The Hall–Kier alpha value is -4.39. The average molecular weight is 457 g/mol. The fourth-order valence-electron chi connectivity index (χ4n) is 3.63. The minimum absolute atomic E-state index is 0.0595. The fraction of sp³-hybridized carbons (Fsp3) is 0.148. The highest BCUT2D eigenvalue weighted by atomic mass is 16.6. The van der Waals surface area contributed by atoms with Gasteiger partial charge in [-0.1, -0.05) is 60.7 Å². The van der Waals surface area contributed by atoms with Crippen molar-refractivity contribution in [2.75, 3.05) is 0 Å². The van der Waals surface area contributed by atoms with Gasteiger partial charge in [0.1, 0.15) is 17.9 Å². The van der Waals surface area contributed by atoms with E-state index in [9.17, 15) is 14.4 Å². The second-order valence-corrected chi connectivity index (χ2v) is 7.86. The number of aryl methyl sites for hydroxylation is 2. The molecule has 1 N–H and O–H groups in total. The summed E-state index contributed by atoms with van der Waals surface area (Å²) in [6.07, 6.45) is -0.758. The monoisotopic (exact) mass is 457 g/mol. The number of fused-ring (bicyclic) bond motifs is 1. The second-order valence-electron chi connectivity index (χ2n) is 7.86. The van der Waals surface area contributed by atoms with Crippen molar-refractivity contribution in [3.63, 3.8) is 0 Å². The Bertz CT molecular complexity index is 1380. The van der Waals surface area contributed by atoms with E-state index in [1.165, 1.54) is 6.07 Å². The number of hydrogen-bond donors (Lipinski definition) is 1. The maximum Gasteiger partial charge on any atom is 0.408 e. The van der Waals surface area contributed by atoms with Crippen LogP contribution in [-0.4, -0.2) is 12.1 Å². The van der Waals surface area contributed by atoms with Crippen molar-refractivity contribution in [2.24, 2.45) is 0 Å². The molecule has 0 radical (unpaired) electrons. The van der Waals surface area contributed by atoms with Gasteiger partial charge in [0.05, 0.1) is 5.39 Å². The molecule has 4 aromatic rings. The highest BCUT2D eigenvalue weighted by molar-refractivity contribution is 5.91. The van der Waals surface area contributed by atoms with Crippen LogP contribution in [0.5, 0.6) is 5.75 Å². The first-order valence-electron chi connectivity index (χ1n) is 10.7. The summed E-state index contributed by atoms with van der Waals surface area (Å²) in [6, 6.07) is 21.6. The number of carbonyl (C=O) groups excluding carboxylic acids is 2. The predicted molar refractivity (Wildman–Crippen MR) is 127 cm³/mol. The molecule has 7 nitrogen and oxygen atoms in total. The summed E-state index contributed by atoms with van der Waals surface area (Å²) in [6.45, 7) is 3.59. The molecule has 172 valence electrons. The zero-order valence-corrected chi connectivity index (χ0v) is 18.7. The number of benzene rings is 3. The molecule has 0 fully saturated rings. The Morgan fingerprint density at radius 1 is 0.941 bits per heavy atom. The largest absolute Gasteiger partial charge is 0.445 e. The Balaban J connectivity index is 1.59. The van der Waals surface area contributed by atoms with Crippen molar-refractivity contribution in [1.82, 2.24) is 5.32 Å². The summed E-state index contributed by atoms with van der Waals surface area (Å²) in [5.41, 5.74) is 2.54. The van der Waals surface area contributed by atoms with Crippen LogP contribution in [0.1, 0.15) is 28.3 Å². The number of esters is 1. The van der Waals surface area contributed by atoms with Crippen molar-refractivity contribution >= 4 is 23.0 Å². The molecule has 0 saturated heterocycles. The van der Waals surface area contributed by atoms with E-state index >= 15 is 0 Å². The van der Waals surface area contributed by atoms with Crippen LogP contribution in [0.2, 0.25) is 0 Å². The van der Waals surface area contributed by atoms with E-state index in [1.807, 2.05) is 30.3 Å². The molecule has 0 bridgehead atoms. The molecule has 0 aliphatic heterocycles. The SMILES string of the molecule is Cc1cc(OC(=O)[C@H](NC(=O)OCc2ccccc2)c2ccccc2)c2c(C)cc(=O)oc2c1. The van der Waals surface area contributed by atoms with Gasteiger partial charge in [0.15, 0.2) is 6.04 Å². The molecule has 0 saturated carbocycles. The van der Waals surface area contributed by atoms with Crippen LogP contribution in [0.4, 0.5) is 4.79 Å². The lowest BCUT2D eigenvalue weighted by Crippen LogP contribution is -2.36. The highest BCUT2D eigenvalue weighted by Crippen LogP contribution is 2.30. The minimum atomic E-state index is -1.11. The van der Waals surface area contributed by atoms with Crippen molar-refractivity contribution in [2.45, 2.75) is 26.5 Å². The maximum atomic E-state index is 13.3. The fourth-order valence-corrected chi connectivity index (χ4v) is 3.63. The van der Waals surface area contributed by atoms with Crippen LogP contribution < -0.4 is 15.7 Å². The van der Waals surface area contributed by atoms with E-state index in [0.717, 1.165) is 11.1 Å². The van der Waals surface area contributed by atoms with Gasteiger partial charge in [0.2, 0.25) is 0 Å². The Kier molecular flexibility index (Phi) is 6.73. The van der Waals surface area contributed by atoms with Crippen LogP contribution in [0, 0.1) is 13.8 Å². The molecule has 1 atom stereocenters. The number of amides is 1. The van der Waals surface area contributed by atoms with E-state index in [2.05, 4.69) is 5.32 Å². The number of hydrogen-bond acceptors (Lipinski definition) is 6. The van der Waals surface area contributed by atoms with E-state index in [4.69, 9.17) is 13.9 Å². The molecule has 1 heterocycles. The van der Waals surface area contributed by atoms with Gasteiger partial charge in [0.25, 0.3) is 0 Å². The molecule has 7 heteroatoms. The van der Waals surface area contributed by atoms with Gasteiger partial charge in [-0.15, -0.1) is 0 Å². The third-order valence-corrected chi connectivity index (χ3v) is 5.20. The van der Waals surface area contributed by atoms with Gasteiger partial charge in [-0.05, 0) is 48.2 Å². The van der Waals surface area contributed by atoms with E-state index in [0.29, 0.717) is 22.1 Å². The molecular formula is C27H23NO6. The first-order valence-corrected chi connectivity index (χ1v) is 10.7. The molecule has 0 spiro atoms. The Labute approximate surface area is 195 Å². The van der Waals surface area contributed by atoms with Gasteiger partial charge in [-0.2, -0.15) is 0 Å². The van der Waals surface area contributed by atoms with E-state index < -0.39 is 23.7 Å². The first-order chi connectivity index (χ1) is 16.4. The molecule has 3 aromatic carbocycles. The van der Waals surface area contributed by atoms with Gasteiger partial charge in [0, 0.05) is 6.07 Å². The van der Waals surface area contributed by atoms with E-state index in [-0.39, 0.29) is 12.4 Å². The lowest BCUT2D eigenvalue weighted by Gasteiger charge is -2.19. The molecule has 4 rings (SSSR count). The number of nitrogens with one attached hydrogen (secondary N) is 1. The van der Waals surface area contributed by atoms with Crippen LogP contribution in [0.25, 0.3) is 11.0 Å². The van der Waals surface area contributed by atoms with Crippen LogP contribution in [0.3, 0.4) is 0 Å². The van der Waals surface area contributed by atoms with Crippen LogP contribution >= 0.6 is 0 Å². The average Bonchev–Trinajstić information content (AvgIpc) is 2.81. The van der Waals surface area contributed by atoms with Crippen LogP contribution in [-0.2, 0) is 16.1 Å². The van der Waals surface area contributed by atoms with E-state index in [1.54, 1.807) is 56.3 Å². The molecule has 34 heavy (non-hydrogen) atoms. The van der Waals surface area contributed by atoms with Crippen LogP contribution in [0.15, 0.2) is 88.1 Å². The summed E-state index contributed by atoms with van der Waals surface area (Å²) in [5, 5.41) is 3.11. The molecule has 1 aromatic heterocycles. The number of alkyl carbamates (subject to hydrolysis) is 1. The van der Waals surface area contributed by atoms with Gasteiger partial charge in [-0.3, -0.25) is 0 Å². The summed E-state index contributed by atoms with van der Waals surface area (Å²) < 4.78 is 16.3. The molecule has 0 aliphatic rings. The normalized spacial score (nSPS) is 11.6. The topological polar surface area (TPSA) is 94.8 Å². The molecule has 0 aliphatic carbocycles. The second kappa shape index (κ2) is 10.0. The number of carbonyl (C=O) groups is 2. The third kappa shape index (κ3) is 5.32. The molecule has 1 amide bonds. The van der Waals surface area contributed by atoms with Crippen molar-refractivity contribution in [3.8, 4) is 5.75 Å². The zero-order valence-electron chi connectivity index (χ0n) is 18.7. The lowest BCUT2D eigenvalue weighted by molar-refractivity contribution is -0.136. The maximum absolute atomic E-state index is 13.3. The van der Waals surface area contributed by atoms with Gasteiger partial charge >= 0.3 is 17.7 Å². The standard InChI is InChI=1S/C27H23NO6/c1-17-13-21-24(18(2)15-23(29)33-21)22(14-17)34-26(30)25(20-11-7-4-8-12-20)28-27(31)32-16-19-9-5-3-6-10-19/h3-15,25H,16H2,1-2H3,(H,28,31)/t25-/m1/s1. The van der Waals surface area contributed by atoms with Crippen molar-refractivity contribution in [1.29, 1.82) is 0 Å². The minimum Gasteiger partial charge on any atom is -0.445 e. The highest BCUT2D eigenvalue weighted by Gasteiger charge is 2.26. The third-order valence-electron chi connectivity index (χ3n) is 5.20. The van der Waals surface area contributed by atoms with Crippen molar-refractivity contribution < 1.29 is 23.5 Å². The van der Waals surface area contributed by atoms with Crippen molar-refractivity contribution in [3.05, 3.63) is 112 Å². The number of ether oxygens (including phenoxy) is 2. The first kappa shape index (κ1) is 22.8. The Morgan fingerprint density at radius 2 is 1.62 bits per heavy atom. The predicted octanol–water partition coefficient (Wildman–Crippen LogP) is 4.98. The van der Waals surface area contributed by atoms with Gasteiger partial charge in [-0.25, -0.2) is 14.4 Å². The molecular weight excluding hydrogens is 434 g/mol. The lowest BCUT2D eigenvalue weighted by atomic mass is 10.1. The summed E-state index contributed by atoms with van der Waals surface area (Å²) in [5.74, 6) is -0.470. The zero-order chi connectivity index (χ0) is 24.1.